The Kier molecular flexibility index (Phi) is 16.5. The van der Waals surface area contributed by atoms with E-state index in [-0.39, 0.29) is 39.2 Å². The fraction of sp³-hybridized carbons (Fsp3) is 0.211. The quantitative estimate of drug-likeness (QED) is 0.122. The molecule has 3 aliphatic heterocycles. The van der Waals surface area contributed by atoms with Gasteiger partial charge in [-0.25, -0.2) is 0 Å². The summed E-state index contributed by atoms with van der Waals surface area (Å²) in [6.45, 7) is 41.9. The number of hydrogen-bond donors (Lipinski definition) is 0. The van der Waals surface area contributed by atoms with Gasteiger partial charge in [0.05, 0.1) is 50.2 Å². The number of benzene rings is 16. The maximum atomic E-state index is 2.69. The van der Waals surface area contributed by atoms with Gasteiger partial charge < -0.3 is 28.4 Å². The van der Waals surface area contributed by atoms with Crippen LogP contribution in [0.2, 0.25) is 0 Å². The van der Waals surface area contributed by atoms with E-state index >= 15 is 0 Å². The molecule has 16 aromatic carbocycles. The lowest BCUT2D eigenvalue weighted by atomic mass is 9.33. The van der Waals surface area contributed by atoms with E-state index in [1.165, 1.54) is 146 Å². The number of nitrogens with zero attached hydrogens (tertiary/aromatic N) is 6. The van der Waals surface area contributed by atoms with Gasteiger partial charge in [0.1, 0.15) is 0 Å². The number of para-hydroxylation sites is 2. The number of anilines is 9. The van der Waals surface area contributed by atoms with E-state index in [0.29, 0.717) is 0 Å². The fourth-order valence-electron chi connectivity index (χ4n) is 20.4. The minimum atomic E-state index is -0.272. The van der Waals surface area contributed by atoms with Crippen LogP contribution in [0.25, 0.3) is 115 Å². The van der Waals surface area contributed by atoms with Gasteiger partial charge in [-0.3, -0.25) is 0 Å². The molecule has 3 aromatic heterocycles. The van der Waals surface area contributed by atoms with Gasteiger partial charge >= 0.3 is 0 Å². The Morgan fingerprint density at radius 2 is 0.492 bits per heavy atom. The molecule has 3 aliphatic rings. The van der Waals surface area contributed by atoms with Crippen molar-refractivity contribution in [2.45, 2.75) is 167 Å². The summed E-state index contributed by atoms with van der Waals surface area (Å²) in [5.74, 6) is 0. The lowest BCUT2D eigenvalue weighted by Crippen LogP contribution is -2.61. The first-order valence-electron chi connectivity index (χ1n) is 43.7. The molecule has 0 spiro atoms. The highest BCUT2D eigenvalue weighted by atomic mass is 32.2. The van der Waals surface area contributed by atoms with Crippen LogP contribution in [0.3, 0.4) is 0 Å². The van der Waals surface area contributed by atoms with E-state index in [0.717, 1.165) is 79.3 Å². The summed E-state index contributed by atoms with van der Waals surface area (Å²) >= 11 is 1.86. The van der Waals surface area contributed by atoms with E-state index in [1.54, 1.807) is 0 Å². The third-order valence-electron chi connectivity index (χ3n) is 27.1. The molecule has 22 rings (SSSR count). The molecule has 0 atom stereocenters. The van der Waals surface area contributed by atoms with Crippen LogP contribution in [0, 0.1) is 0 Å². The minimum absolute atomic E-state index is 0.0702. The van der Waals surface area contributed by atoms with Crippen molar-refractivity contribution in [1.29, 1.82) is 0 Å². The molecule has 8 heteroatoms. The first kappa shape index (κ1) is 75.7. The summed E-state index contributed by atoms with van der Waals surface area (Å²) in [6, 6.07) is 117. The van der Waals surface area contributed by atoms with Gasteiger partial charge in [-0.05, 0) is 278 Å². The van der Waals surface area contributed by atoms with Gasteiger partial charge in [0.15, 0.2) is 0 Å². The molecule has 6 heterocycles. The van der Waals surface area contributed by atoms with Crippen molar-refractivity contribution in [3.63, 3.8) is 0 Å². The molecule has 0 aliphatic carbocycles. The lowest BCUT2D eigenvalue weighted by molar-refractivity contribution is 0.590. The van der Waals surface area contributed by atoms with Crippen molar-refractivity contribution < 1.29 is 0 Å². The third kappa shape index (κ3) is 11.7. The van der Waals surface area contributed by atoms with Crippen molar-refractivity contribution in [2.75, 3.05) is 14.7 Å². The summed E-state index contributed by atoms with van der Waals surface area (Å²) in [5.41, 5.74) is 31.4. The van der Waals surface area contributed by atoms with Crippen molar-refractivity contribution in [3.05, 3.63) is 331 Å². The zero-order valence-corrected chi connectivity index (χ0v) is 74.3. The van der Waals surface area contributed by atoms with Gasteiger partial charge in [0.2, 0.25) is 0 Å². The van der Waals surface area contributed by atoms with Crippen molar-refractivity contribution in [1.82, 2.24) is 13.7 Å². The van der Waals surface area contributed by atoms with E-state index in [4.69, 9.17) is 0 Å². The van der Waals surface area contributed by atoms with Crippen LogP contribution in [0.1, 0.15) is 158 Å². The highest BCUT2D eigenvalue weighted by molar-refractivity contribution is 7.99. The summed E-state index contributed by atoms with van der Waals surface area (Å²) in [6.07, 6.45) is 0. The molecule has 19 aromatic rings. The van der Waals surface area contributed by atoms with E-state index in [1.807, 2.05) is 11.8 Å². The predicted octanol–water partition coefficient (Wildman–Crippen LogP) is 30.2. The molecule has 0 radical (unpaired) electrons. The zero-order valence-electron chi connectivity index (χ0n) is 73.5. The molecule has 0 unspecified atom stereocenters. The molecule has 6 nitrogen and oxygen atoms in total. The SMILES string of the molecule is CC(C)(C)c1ccc2c(c1)c1cc(C(C)(C)C)ccc1n2-c1ccc2c(c1)N(c1ccc3c(c1)N(c1ccccc1)c1ccccc1S3)c1cc(-n3c4ccc(C(C)(C)C)cc4c4cc(C(C)(C)C)ccc43)cc3c1B2c1ccc(-n2c4ccc(C(C)(C)C)cc4c4cc(C(C)(C)C)ccc42)cc1N3c1ccc2c3ccccc3c3ccccc3c2c1. The van der Waals surface area contributed by atoms with Gasteiger partial charge in [0.25, 0.3) is 6.71 Å². The Morgan fingerprint density at radius 1 is 0.197 bits per heavy atom. The molecule has 0 fully saturated rings. The normalized spacial score (nSPS) is 13.9. The van der Waals surface area contributed by atoms with Crippen LogP contribution < -0.4 is 31.1 Å². The van der Waals surface area contributed by atoms with Gasteiger partial charge in [-0.15, -0.1) is 0 Å². The summed E-state index contributed by atoms with van der Waals surface area (Å²) < 4.78 is 7.76. The molecule has 0 saturated carbocycles. The Bertz CT molecular complexity index is 7450. The highest BCUT2D eigenvalue weighted by Crippen LogP contribution is 2.56. The second-order valence-electron chi connectivity index (χ2n) is 41.1. The Morgan fingerprint density at radius 3 is 0.885 bits per heavy atom. The van der Waals surface area contributed by atoms with Gasteiger partial charge in [0, 0.05) is 93.3 Å². The Hall–Kier alpha value is -12.5. The van der Waals surface area contributed by atoms with Gasteiger partial charge in [-0.2, -0.15) is 0 Å². The van der Waals surface area contributed by atoms with Crippen molar-refractivity contribution in [3.8, 4) is 17.1 Å². The number of rotatable bonds is 6. The molecule has 0 saturated heterocycles. The zero-order chi connectivity index (χ0) is 84.1. The average Bonchev–Trinajstić information content (AvgIpc) is 1.01. The summed E-state index contributed by atoms with van der Waals surface area (Å²) in [4.78, 5) is 10.3. The summed E-state index contributed by atoms with van der Waals surface area (Å²) in [7, 11) is 0. The van der Waals surface area contributed by atoms with Crippen LogP contribution in [0.15, 0.2) is 307 Å². The number of aromatic nitrogens is 3. The topological polar surface area (TPSA) is 24.5 Å². The molecule has 0 N–H and O–H groups in total. The second-order valence-corrected chi connectivity index (χ2v) is 42.2. The first-order chi connectivity index (χ1) is 58.3. The van der Waals surface area contributed by atoms with Crippen molar-refractivity contribution >= 4 is 184 Å². The lowest BCUT2D eigenvalue weighted by Gasteiger charge is -2.45. The third-order valence-corrected chi connectivity index (χ3v) is 28.2. The minimum Gasteiger partial charge on any atom is -0.311 e. The maximum absolute atomic E-state index is 2.69. The first-order valence-corrected chi connectivity index (χ1v) is 44.5. The van der Waals surface area contributed by atoms with Gasteiger partial charge in [-0.1, -0.05) is 270 Å². The molecule has 0 bridgehead atoms. The molecule has 122 heavy (non-hydrogen) atoms. The van der Waals surface area contributed by atoms with Crippen molar-refractivity contribution in [2.24, 2.45) is 0 Å². The van der Waals surface area contributed by atoms with Crippen LogP contribution in [-0.4, -0.2) is 20.4 Å². The monoisotopic (exact) mass is 1600 g/mol. The van der Waals surface area contributed by atoms with E-state index in [2.05, 4.69) is 450 Å². The Balaban J connectivity index is 0.900. The molecular weight excluding hydrogens is 1500 g/mol. The summed E-state index contributed by atoms with van der Waals surface area (Å²) in [5, 5.41) is 15.0. The highest BCUT2D eigenvalue weighted by Gasteiger charge is 2.46. The Labute approximate surface area is 721 Å². The molecule has 598 valence electrons. The number of hydrogen-bond acceptors (Lipinski definition) is 4. The predicted molar refractivity (Wildman–Crippen MR) is 527 cm³/mol. The standard InChI is InChI=1S/C114H103BN6S/c1-109(2,3)68-36-49-94-86(56-68)87-57-69(110(4,5)6)37-50-95(87)117(94)76-43-47-92-101(63-76)119(75-42-46-84-82-32-23-22-30-80(82)81-31-24-25-33-83(81)85(84)62-75)104-66-79(121-98-53-40-72(113(13,14)15)60-90(98)91-61-73(114(16,17)18)41-54-99(91)121)67-105-108(104)115(92)93-48-44-77(118-96-51-38-70(111(7,8)9)58-88(96)89-59-71(112(10,11)12)39-52-97(89)118)64-102(93)120(105)78-45-55-107-103(65-78)116(74-28-20-19-21-29-74)100-34-26-27-35-106(100)122-107/h19-67H,1-18H3. The van der Waals surface area contributed by atoms with Crippen LogP contribution in [0.5, 0.6) is 0 Å². The maximum Gasteiger partial charge on any atom is 0.252 e. The fourth-order valence-corrected chi connectivity index (χ4v) is 21.4. The van der Waals surface area contributed by atoms with Crippen LogP contribution >= 0.6 is 11.8 Å². The molecular formula is C114H103BN6S. The van der Waals surface area contributed by atoms with Crippen LogP contribution in [-0.2, 0) is 32.5 Å². The van der Waals surface area contributed by atoms with Crippen LogP contribution in [0.4, 0.5) is 51.2 Å². The smallest absolute Gasteiger partial charge is 0.252 e. The van der Waals surface area contributed by atoms with E-state index < -0.39 is 0 Å². The second kappa shape index (κ2) is 26.5. The largest absolute Gasteiger partial charge is 0.311 e. The molecule has 0 amide bonds. The average molecular weight is 1600 g/mol. The van der Waals surface area contributed by atoms with E-state index in [9.17, 15) is 0 Å². The number of fused-ring (bicyclic) bond motifs is 21.